The van der Waals surface area contributed by atoms with Gasteiger partial charge in [-0.05, 0) is 37.0 Å². The molecule has 1 saturated heterocycles. The number of nitrogens with one attached hydrogen (secondary N) is 2. The molecule has 2 rings (SSSR count). The topological polar surface area (TPSA) is 84.5 Å². The van der Waals surface area contributed by atoms with E-state index in [4.69, 9.17) is 4.74 Å². The van der Waals surface area contributed by atoms with Crippen molar-refractivity contribution in [2.45, 2.75) is 51.0 Å². The van der Waals surface area contributed by atoms with Gasteiger partial charge in [-0.3, -0.25) is 4.79 Å². The van der Waals surface area contributed by atoms with Crippen molar-refractivity contribution >= 4 is 15.7 Å². The molecular weight excluding hydrogens is 340 g/mol. The van der Waals surface area contributed by atoms with Gasteiger partial charge in [0.15, 0.2) is 5.44 Å². The highest BCUT2D eigenvalue weighted by Crippen LogP contribution is 2.24. The van der Waals surface area contributed by atoms with Crippen LogP contribution in [0.25, 0.3) is 0 Å². The van der Waals surface area contributed by atoms with Crippen LogP contribution in [0.15, 0.2) is 23.1 Å². The summed E-state index contributed by atoms with van der Waals surface area (Å²) < 4.78 is 31.1. The number of morpholine rings is 1. The predicted octanol–water partition coefficient (Wildman–Crippen LogP) is 1.88. The van der Waals surface area contributed by atoms with Crippen molar-refractivity contribution in [3.8, 4) is 0 Å². The number of aryl methyl sites for hydroxylation is 1. The zero-order valence-corrected chi connectivity index (χ0v) is 16.4. The Bertz CT molecular complexity index is 732. The molecule has 1 aliphatic heterocycles. The van der Waals surface area contributed by atoms with Gasteiger partial charge in [0, 0.05) is 24.7 Å². The third-order valence-corrected chi connectivity index (χ3v) is 6.69. The molecule has 0 aliphatic carbocycles. The van der Waals surface area contributed by atoms with Crippen LogP contribution in [0.4, 0.5) is 0 Å². The number of sulfone groups is 1. The van der Waals surface area contributed by atoms with Gasteiger partial charge in [-0.25, -0.2) is 8.42 Å². The second-order valence-electron chi connectivity index (χ2n) is 7.59. The second kappa shape index (κ2) is 7.43. The minimum atomic E-state index is -3.67. The summed E-state index contributed by atoms with van der Waals surface area (Å²) in [6, 6.07) is 4.72. The zero-order chi connectivity index (χ0) is 18.8. The standard InChI is InChI=1S/C18H28N2O4S/c1-12-6-7-14(17(21)20-13(2)18(3,4)5)10-15(12)25(22,23)16-11-19-8-9-24-16/h6-7,10,13,16,19H,8-9,11H2,1-5H3,(H,20,21). The number of hydrogen-bond donors (Lipinski definition) is 2. The summed E-state index contributed by atoms with van der Waals surface area (Å²) in [6.45, 7) is 11.0. The number of rotatable bonds is 4. The SMILES string of the molecule is Cc1ccc(C(=O)NC(C)C(C)(C)C)cc1S(=O)(=O)C1CNCCO1. The van der Waals surface area contributed by atoms with Crippen LogP contribution in [0.1, 0.15) is 43.6 Å². The Labute approximate surface area is 150 Å². The summed E-state index contributed by atoms with van der Waals surface area (Å²) in [5.74, 6) is -0.276. The average molecular weight is 368 g/mol. The Kier molecular flexibility index (Phi) is 5.91. The highest BCUT2D eigenvalue weighted by molar-refractivity contribution is 7.92. The fourth-order valence-corrected chi connectivity index (χ4v) is 4.13. The molecule has 1 aliphatic rings. The molecule has 0 bridgehead atoms. The van der Waals surface area contributed by atoms with Crippen molar-refractivity contribution in [2.24, 2.45) is 5.41 Å². The van der Waals surface area contributed by atoms with E-state index in [0.717, 1.165) is 0 Å². The number of benzene rings is 1. The van der Waals surface area contributed by atoms with Crippen LogP contribution in [0.3, 0.4) is 0 Å². The molecule has 1 aromatic rings. The number of carbonyl (C=O) groups excluding carboxylic acids is 1. The van der Waals surface area contributed by atoms with Gasteiger partial charge in [0.1, 0.15) is 0 Å². The third-order valence-electron chi connectivity index (χ3n) is 4.64. The molecule has 2 N–H and O–H groups in total. The summed E-state index contributed by atoms with van der Waals surface area (Å²) in [5.41, 5.74) is -0.0676. The summed E-state index contributed by atoms with van der Waals surface area (Å²) in [5, 5.41) is 5.96. The molecule has 0 saturated carbocycles. The number of hydrogen-bond acceptors (Lipinski definition) is 5. The quantitative estimate of drug-likeness (QED) is 0.848. The van der Waals surface area contributed by atoms with E-state index >= 15 is 0 Å². The van der Waals surface area contributed by atoms with Gasteiger partial charge in [0.2, 0.25) is 9.84 Å². The van der Waals surface area contributed by atoms with Crippen LogP contribution in [0, 0.1) is 12.3 Å². The van der Waals surface area contributed by atoms with E-state index in [1.807, 2.05) is 27.7 Å². The summed E-state index contributed by atoms with van der Waals surface area (Å²) >= 11 is 0. The smallest absolute Gasteiger partial charge is 0.251 e. The van der Waals surface area contributed by atoms with Gasteiger partial charge in [-0.15, -0.1) is 0 Å². The van der Waals surface area contributed by atoms with Crippen LogP contribution >= 0.6 is 0 Å². The van der Waals surface area contributed by atoms with Gasteiger partial charge in [0.05, 0.1) is 11.5 Å². The highest BCUT2D eigenvalue weighted by Gasteiger charge is 2.32. The summed E-state index contributed by atoms with van der Waals surface area (Å²) in [6.07, 6.45) is 0. The molecule has 2 unspecified atom stereocenters. The van der Waals surface area contributed by atoms with Crippen LogP contribution < -0.4 is 10.6 Å². The van der Waals surface area contributed by atoms with Crippen molar-refractivity contribution in [1.29, 1.82) is 0 Å². The molecule has 1 heterocycles. The molecule has 0 spiro atoms. The van der Waals surface area contributed by atoms with Crippen molar-refractivity contribution < 1.29 is 17.9 Å². The number of amides is 1. The maximum absolute atomic E-state index is 12.9. The normalized spacial score (nSPS) is 20.1. The minimum Gasteiger partial charge on any atom is -0.359 e. The molecule has 1 fully saturated rings. The Morgan fingerprint density at radius 3 is 2.60 bits per heavy atom. The van der Waals surface area contributed by atoms with Gasteiger partial charge >= 0.3 is 0 Å². The second-order valence-corrected chi connectivity index (χ2v) is 9.65. The lowest BCUT2D eigenvalue weighted by molar-refractivity contribution is 0.0784. The third kappa shape index (κ3) is 4.59. The molecule has 140 valence electrons. The largest absolute Gasteiger partial charge is 0.359 e. The first kappa shape index (κ1) is 19.9. The van der Waals surface area contributed by atoms with E-state index in [0.29, 0.717) is 24.3 Å². The molecule has 25 heavy (non-hydrogen) atoms. The molecule has 1 amide bonds. The highest BCUT2D eigenvalue weighted by atomic mass is 32.2. The van der Waals surface area contributed by atoms with Crippen LogP contribution in [0.5, 0.6) is 0 Å². The van der Waals surface area contributed by atoms with Gasteiger partial charge in [-0.1, -0.05) is 26.8 Å². The lowest BCUT2D eigenvalue weighted by Crippen LogP contribution is -2.43. The molecule has 6 nitrogen and oxygen atoms in total. The average Bonchev–Trinajstić information content (AvgIpc) is 2.54. The first-order chi connectivity index (χ1) is 11.5. The van der Waals surface area contributed by atoms with Crippen LogP contribution in [0.2, 0.25) is 0 Å². The number of ether oxygens (including phenoxy) is 1. The van der Waals surface area contributed by atoms with Crippen molar-refractivity contribution in [2.75, 3.05) is 19.7 Å². The Balaban J connectivity index is 2.29. The molecule has 0 radical (unpaired) electrons. The lowest BCUT2D eigenvalue weighted by Gasteiger charge is -2.28. The fourth-order valence-electron chi connectivity index (χ4n) is 2.43. The van der Waals surface area contributed by atoms with Crippen LogP contribution in [-0.4, -0.2) is 45.5 Å². The van der Waals surface area contributed by atoms with E-state index < -0.39 is 15.3 Å². The van der Waals surface area contributed by atoms with Crippen LogP contribution in [-0.2, 0) is 14.6 Å². The van der Waals surface area contributed by atoms with E-state index in [1.54, 1.807) is 19.1 Å². The Morgan fingerprint density at radius 2 is 2.04 bits per heavy atom. The molecular formula is C18H28N2O4S. The Hall–Kier alpha value is -1.44. The Morgan fingerprint density at radius 1 is 1.36 bits per heavy atom. The van der Waals surface area contributed by atoms with Crippen molar-refractivity contribution in [1.82, 2.24) is 10.6 Å². The van der Waals surface area contributed by atoms with Gasteiger partial charge < -0.3 is 15.4 Å². The van der Waals surface area contributed by atoms with E-state index in [9.17, 15) is 13.2 Å². The van der Waals surface area contributed by atoms with Crippen molar-refractivity contribution in [3.05, 3.63) is 29.3 Å². The molecule has 7 heteroatoms. The summed E-state index contributed by atoms with van der Waals surface area (Å²) in [7, 11) is -3.67. The molecule has 1 aromatic carbocycles. The first-order valence-electron chi connectivity index (χ1n) is 8.51. The molecule has 2 atom stereocenters. The van der Waals surface area contributed by atoms with E-state index in [1.165, 1.54) is 6.07 Å². The fraction of sp³-hybridized carbons (Fsp3) is 0.611. The molecule has 0 aromatic heterocycles. The maximum Gasteiger partial charge on any atom is 0.251 e. The van der Waals surface area contributed by atoms with Gasteiger partial charge in [0.25, 0.3) is 5.91 Å². The maximum atomic E-state index is 12.9. The first-order valence-corrected chi connectivity index (χ1v) is 10.1. The monoisotopic (exact) mass is 368 g/mol. The zero-order valence-electron chi connectivity index (χ0n) is 15.5. The van der Waals surface area contributed by atoms with E-state index in [-0.39, 0.29) is 28.8 Å². The lowest BCUT2D eigenvalue weighted by atomic mass is 9.88. The van der Waals surface area contributed by atoms with Gasteiger partial charge in [-0.2, -0.15) is 0 Å². The van der Waals surface area contributed by atoms with Crippen molar-refractivity contribution in [3.63, 3.8) is 0 Å². The predicted molar refractivity (Wildman–Crippen MR) is 97.4 cm³/mol. The number of carbonyl (C=O) groups is 1. The summed E-state index contributed by atoms with van der Waals surface area (Å²) in [4.78, 5) is 12.7. The minimum absolute atomic E-state index is 0.0489. The van der Waals surface area contributed by atoms with E-state index in [2.05, 4.69) is 10.6 Å².